The van der Waals surface area contributed by atoms with E-state index in [0.717, 1.165) is 25.7 Å². The Kier molecular flexibility index (Phi) is 8.73. The highest BCUT2D eigenvalue weighted by Crippen LogP contribution is 2.40. The summed E-state index contributed by atoms with van der Waals surface area (Å²) in [6, 6.07) is 8.07. The Labute approximate surface area is 196 Å². The lowest BCUT2D eigenvalue weighted by atomic mass is 9.70. The molecule has 1 unspecified atom stereocenters. The molecule has 4 rings (SSSR count). The van der Waals surface area contributed by atoms with Gasteiger partial charge in [-0.25, -0.2) is 8.70 Å². The Bertz CT molecular complexity index is 907. The molecule has 0 amide bonds. The molecule has 1 saturated heterocycles. The van der Waals surface area contributed by atoms with E-state index in [1.807, 2.05) is 37.9 Å². The summed E-state index contributed by atoms with van der Waals surface area (Å²) in [5.41, 5.74) is 2.06. The third-order valence-corrected chi connectivity index (χ3v) is 8.33. The van der Waals surface area contributed by atoms with E-state index in [4.69, 9.17) is 0 Å². The number of carbonyl (C=O) groups excluding carboxylic acids is 1. The molecule has 3 aliphatic rings. The smallest absolute Gasteiger partial charge is 0.133 e. The highest BCUT2D eigenvalue weighted by molar-refractivity contribution is 7.97. The van der Waals surface area contributed by atoms with Gasteiger partial charge in [-0.1, -0.05) is 56.2 Å². The van der Waals surface area contributed by atoms with Gasteiger partial charge in [0.15, 0.2) is 0 Å². The van der Waals surface area contributed by atoms with Gasteiger partial charge in [0.2, 0.25) is 0 Å². The maximum absolute atomic E-state index is 15.1. The molecule has 1 aromatic carbocycles. The second-order valence-electron chi connectivity index (χ2n) is 8.82. The third kappa shape index (κ3) is 5.53. The predicted molar refractivity (Wildman–Crippen MR) is 131 cm³/mol. The Hall–Kier alpha value is -1.90. The van der Waals surface area contributed by atoms with E-state index in [1.54, 1.807) is 0 Å². The largest absolute Gasteiger partial charge is 0.300 e. The van der Waals surface area contributed by atoms with Gasteiger partial charge >= 0.3 is 0 Å². The van der Waals surface area contributed by atoms with Crippen molar-refractivity contribution in [2.45, 2.75) is 95.4 Å². The minimum absolute atomic E-state index is 0.201. The topological polar surface area (TPSA) is 44.1 Å². The Morgan fingerprint density at radius 3 is 2.59 bits per heavy atom. The lowest BCUT2D eigenvalue weighted by Crippen LogP contribution is -2.35. The molecule has 1 aromatic rings. The number of benzene rings is 1. The fraction of sp³-hybridized carbons (Fsp3) is 0.556. The SMILES string of the molecule is CC.C[C@H]1CCC(C2=CCCC=C2)SN1Cc1ccc(C2(C#N)CCC(=O)CC2)cc1F. The van der Waals surface area contributed by atoms with E-state index in [9.17, 15) is 10.1 Å². The number of halogens is 1. The lowest BCUT2D eigenvalue weighted by molar-refractivity contribution is -0.120. The van der Waals surface area contributed by atoms with Gasteiger partial charge in [0.1, 0.15) is 11.6 Å². The van der Waals surface area contributed by atoms with Crippen LogP contribution >= 0.6 is 11.9 Å². The first kappa shape index (κ1) is 24.7. The van der Waals surface area contributed by atoms with Crippen molar-refractivity contribution >= 4 is 17.7 Å². The molecule has 0 bridgehead atoms. The van der Waals surface area contributed by atoms with E-state index in [-0.39, 0.29) is 11.6 Å². The summed E-state index contributed by atoms with van der Waals surface area (Å²) >= 11 is 1.84. The van der Waals surface area contributed by atoms with Crippen molar-refractivity contribution in [1.82, 2.24) is 4.31 Å². The molecular weight excluding hydrogens is 419 g/mol. The van der Waals surface area contributed by atoms with E-state index in [0.29, 0.717) is 54.6 Å². The molecule has 2 fully saturated rings. The van der Waals surface area contributed by atoms with Crippen molar-refractivity contribution in [2.75, 3.05) is 0 Å². The van der Waals surface area contributed by atoms with E-state index >= 15 is 4.39 Å². The molecule has 5 heteroatoms. The van der Waals surface area contributed by atoms with Crippen LogP contribution < -0.4 is 0 Å². The highest BCUT2D eigenvalue weighted by Gasteiger charge is 2.37. The van der Waals surface area contributed by atoms with Gasteiger partial charge in [0.25, 0.3) is 0 Å². The van der Waals surface area contributed by atoms with Crippen molar-refractivity contribution in [3.63, 3.8) is 0 Å². The van der Waals surface area contributed by atoms with Crippen LogP contribution in [0.4, 0.5) is 4.39 Å². The van der Waals surface area contributed by atoms with Gasteiger partial charge < -0.3 is 0 Å². The highest BCUT2D eigenvalue weighted by atomic mass is 32.2. The first-order valence-corrected chi connectivity index (χ1v) is 12.9. The van der Waals surface area contributed by atoms with E-state index < -0.39 is 5.41 Å². The number of carbonyl (C=O) groups is 1. The number of nitriles is 1. The van der Waals surface area contributed by atoms with Crippen LogP contribution in [-0.4, -0.2) is 21.4 Å². The zero-order valence-electron chi connectivity index (χ0n) is 19.6. The fourth-order valence-corrected chi connectivity index (χ4v) is 6.10. The van der Waals surface area contributed by atoms with E-state index in [2.05, 4.69) is 35.5 Å². The van der Waals surface area contributed by atoms with Gasteiger partial charge in [-0.2, -0.15) is 5.26 Å². The number of ketones is 1. The minimum Gasteiger partial charge on any atom is -0.300 e. The summed E-state index contributed by atoms with van der Waals surface area (Å²) in [7, 11) is 0. The normalized spacial score (nSPS) is 25.3. The van der Waals surface area contributed by atoms with Crippen molar-refractivity contribution in [2.24, 2.45) is 0 Å². The summed E-state index contributed by atoms with van der Waals surface area (Å²) in [4.78, 5) is 11.6. The second-order valence-corrected chi connectivity index (χ2v) is 10.1. The summed E-state index contributed by atoms with van der Waals surface area (Å²) in [5, 5.41) is 10.2. The van der Waals surface area contributed by atoms with Crippen LogP contribution in [0.2, 0.25) is 0 Å². The minimum atomic E-state index is -0.731. The molecule has 1 heterocycles. The van der Waals surface area contributed by atoms with Crippen molar-refractivity contribution in [3.8, 4) is 6.07 Å². The number of Topliss-reactive ketones (excluding diaryl/α,β-unsaturated/α-hetero) is 1. The maximum Gasteiger partial charge on any atom is 0.133 e. The molecule has 0 aromatic heterocycles. The van der Waals surface area contributed by atoms with Crippen LogP contribution in [0.3, 0.4) is 0 Å². The summed E-state index contributed by atoms with van der Waals surface area (Å²) < 4.78 is 17.4. The van der Waals surface area contributed by atoms with Crippen LogP contribution in [0.15, 0.2) is 42.0 Å². The Morgan fingerprint density at radius 1 is 1.22 bits per heavy atom. The molecule has 2 atom stereocenters. The van der Waals surface area contributed by atoms with Crippen molar-refractivity contribution < 1.29 is 9.18 Å². The lowest BCUT2D eigenvalue weighted by Gasteiger charge is -2.38. The first-order valence-electron chi connectivity index (χ1n) is 12.0. The zero-order valence-corrected chi connectivity index (χ0v) is 20.4. The Morgan fingerprint density at radius 2 is 1.97 bits per heavy atom. The fourth-order valence-electron chi connectivity index (χ4n) is 4.71. The number of rotatable bonds is 4. The molecule has 172 valence electrons. The molecular formula is C27H35FN2OS. The second kappa shape index (κ2) is 11.3. The molecule has 0 radical (unpaired) electrons. The maximum atomic E-state index is 15.1. The molecule has 0 N–H and O–H groups in total. The van der Waals surface area contributed by atoms with Gasteiger partial charge in [-0.15, -0.1) is 0 Å². The average molecular weight is 455 g/mol. The first-order chi connectivity index (χ1) is 15.5. The predicted octanol–water partition coefficient (Wildman–Crippen LogP) is 7.03. The quantitative estimate of drug-likeness (QED) is 0.458. The number of allylic oxidation sites excluding steroid dienone is 3. The molecule has 0 spiro atoms. The number of hydrogen-bond donors (Lipinski definition) is 0. The van der Waals surface area contributed by atoms with Crippen molar-refractivity contribution in [3.05, 3.63) is 58.9 Å². The Balaban J connectivity index is 0.00000141. The summed E-state index contributed by atoms with van der Waals surface area (Å²) in [5.74, 6) is -0.0442. The van der Waals surface area contributed by atoms with Crippen LogP contribution in [0.25, 0.3) is 0 Å². The number of hydrogen-bond acceptors (Lipinski definition) is 4. The molecule has 32 heavy (non-hydrogen) atoms. The monoisotopic (exact) mass is 454 g/mol. The molecule has 1 aliphatic heterocycles. The molecule has 3 nitrogen and oxygen atoms in total. The van der Waals surface area contributed by atoms with Crippen molar-refractivity contribution in [1.29, 1.82) is 5.26 Å². The van der Waals surface area contributed by atoms with Crippen LogP contribution in [0.5, 0.6) is 0 Å². The van der Waals surface area contributed by atoms with Gasteiger partial charge in [0, 0.05) is 36.2 Å². The standard InChI is InChI=1S/C25H29FN2OS.C2H6/c1-18-7-10-24(19-5-3-2-4-6-19)30-28(18)16-20-8-9-21(15-23(20)26)25(17-27)13-11-22(29)12-14-25;1-2/h3,5-6,8-9,15,18,24H,2,4,7,10-14,16H2,1H3;1-2H3/t18-,24?;/m0./s1. The number of nitrogens with zero attached hydrogens (tertiary/aromatic N) is 2. The van der Waals surface area contributed by atoms with Gasteiger partial charge in [-0.05, 0) is 62.7 Å². The average Bonchev–Trinajstić information content (AvgIpc) is 2.84. The van der Waals surface area contributed by atoms with Crippen LogP contribution in [0, 0.1) is 17.1 Å². The van der Waals surface area contributed by atoms with E-state index in [1.165, 1.54) is 11.6 Å². The van der Waals surface area contributed by atoms with Gasteiger partial charge in [0.05, 0.1) is 11.5 Å². The summed E-state index contributed by atoms with van der Waals surface area (Å²) in [6.07, 6.45) is 13.1. The van der Waals surface area contributed by atoms with Crippen LogP contribution in [-0.2, 0) is 16.8 Å². The zero-order chi connectivity index (χ0) is 23.1. The molecule has 2 aliphatic carbocycles. The van der Waals surface area contributed by atoms with Gasteiger partial charge in [-0.3, -0.25) is 4.79 Å². The third-order valence-electron chi connectivity index (χ3n) is 6.80. The summed E-state index contributed by atoms with van der Waals surface area (Å²) in [6.45, 7) is 6.77. The molecule has 1 saturated carbocycles. The van der Waals surface area contributed by atoms with Crippen LogP contribution in [0.1, 0.15) is 83.3 Å².